The van der Waals surface area contributed by atoms with E-state index in [1.807, 2.05) is 19.9 Å². The third kappa shape index (κ3) is 3.71. The van der Waals surface area contributed by atoms with Crippen molar-refractivity contribution in [2.24, 2.45) is 7.05 Å². The van der Waals surface area contributed by atoms with Crippen molar-refractivity contribution in [3.63, 3.8) is 0 Å². The maximum atomic E-state index is 13.0. The second-order valence-corrected chi connectivity index (χ2v) is 7.21. The van der Waals surface area contributed by atoms with E-state index in [-0.39, 0.29) is 11.8 Å². The SMILES string of the molecule is Cc1cc(C(=O)Nc2cc(C(=O)N3CCOCC3)ccc2C)c2cnn(C)c2n1. The van der Waals surface area contributed by atoms with Gasteiger partial charge in [0.25, 0.3) is 11.8 Å². The summed E-state index contributed by atoms with van der Waals surface area (Å²) in [5.41, 5.74) is 3.93. The Hall–Kier alpha value is -3.26. The predicted octanol–water partition coefficient (Wildman–Crippen LogP) is 2.31. The van der Waals surface area contributed by atoms with Crippen LogP contribution < -0.4 is 5.32 Å². The zero-order chi connectivity index (χ0) is 20.5. The van der Waals surface area contributed by atoms with E-state index >= 15 is 0 Å². The highest BCUT2D eigenvalue weighted by molar-refractivity contribution is 6.12. The number of carbonyl (C=O) groups is 2. The number of morpholine rings is 1. The van der Waals surface area contributed by atoms with Gasteiger partial charge in [0.05, 0.1) is 30.4 Å². The summed E-state index contributed by atoms with van der Waals surface area (Å²) >= 11 is 0. The molecule has 1 aliphatic heterocycles. The number of aromatic nitrogens is 3. The first-order valence-corrected chi connectivity index (χ1v) is 9.52. The quantitative estimate of drug-likeness (QED) is 0.738. The minimum atomic E-state index is -0.257. The molecular weight excluding hydrogens is 370 g/mol. The minimum absolute atomic E-state index is 0.0572. The first-order chi connectivity index (χ1) is 13.9. The summed E-state index contributed by atoms with van der Waals surface area (Å²) < 4.78 is 6.96. The largest absolute Gasteiger partial charge is 0.378 e. The van der Waals surface area contributed by atoms with Gasteiger partial charge in [-0.3, -0.25) is 14.3 Å². The predicted molar refractivity (Wildman–Crippen MR) is 109 cm³/mol. The summed E-state index contributed by atoms with van der Waals surface area (Å²) in [7, 11) is 1.79. The molecular formula is C21H23N5O3. The van der Waals surface area contributed by atoms with E-state index < -0.39 is 0 Å². The van der Waals surface area contributed by atoms with Gasteiger partial charge in [-0.2, -0.15) is 5.10 Å². The number of amides is 2. The maximum absolute atomic E-state index is 13.0. The van der Waals surface area contributed by atoms with Crippen LogP contribution >= 0.6 is 0 Å². The van der Waals surface area contributed by atoms with Crippen molar-refractivity contribution in [3.8, 4) is 0 Å². The van der Waals surface area contributed by atoms with E-state index in [4.69, 9.17) is 4.74 Å². The highest BCUT2D eigenvalue weighted by Gasteiger charge is 2.20. The van der Waals surface area contributed by atoms with Gasteiger partial charge in [0.2, 0.25) is 0 Å². The Morgan fingerprint density at radius 2 is 1.90 bits per heavy atom. The van der Waals surface area contributed by atoms with Gasteiger partial charge in [-0.05, 0) is 37.6 Å². The second kappa shape index (κ2) is 7.63. The molecule has 2 amide bonds. The Labute approximate surface area is 168 Å². The van der Waals surface area contributed by atoms with Crippen LogP contribution in [0.15, 0.2) is 30.5 Å². The number of carbonyl (C=O) groups excluding carboxylic acids is 2. The van der Waals surface area contributed by atoms with Crippen molar-refractivity contribution < 1.29 is 14.3 Å². The number of hydrogen-bond acceptors (Lipinski definition) is 5. The van der Waals surface area contributed by atoms with Crippen LogP contribution in [0, 0.1) is 13.8 Å². The zero-order valence-corrected chi connectivity index (χ0v) is 16.7. The van der Waals surface area contributed by atoms with Crippen LogP contribution in [-0.4, -0.2) is 57.8 Å². The number of anilines is 1. The van der Waals surface area contributed by atoms with Gasteiger partial charge in [-0.1, -0.05) is 6.07 Å². The molecule has 0 atom stereocenters. The Bertz CT molecular complexity index is 1100. The Morgan fingerprint density at radius 1 is 1.14 bits per heavy atom. The molecule has 3 aromatic rings. The number of benzene rings is 1. The molecule has 0 radical (unpaired) electrons. The number of pyridine rings is 1. The number of hydrogen-bond donors (Lipinski definition) is 1. The maximum Gasteiger partial charge on any atom is 0.256 e. The minimum Gasteiger partial charge on any atom is -0.378 e. The van der Waals surface area contributed by atoms with Crippen molar-refractivity contribution in [2.45, 2.75) is 13.8 Å². The second-order valence-electron chi connectivity index (χ2n) is 7.21. The molecule has 4 rings (SSSR count). The van der Waals surface area contributed by atoms with Gasteiger partial charge in [-0.25, -0.2) is 4.98 Å². The molecule has 0 bridgehead atoms. The third-order valence-electron chi connectivity index (χ3n) is 5.11. The lowest BCUT2D eigenvalue weighted by Crippen LogP contribution is -2.40. The fourth-order valence-corrected chi connectivity index (χ4v) is 3.46. The summed E-state index contributed by atoms with van der Waals surface area (Å²) in [4.78, 5) is 32.0. The normalized spacial score (nSPS) is 14.2. The van der Waals surface area contributed by atoms with Gasteiger partial charge in [-0.15, -0.1) is 0 Å². The molecule has 1 N–H and O–H groups in total. The molecule has 1 aliphatic rings. The van der Waals surface area contributed by atoms with Gasteiger partial charge < -0.3 is 15.0 Å². The van der Waals surface area contributed by atoms with Gasteiger partial charge in [0.15, 0.2) is 5.65 Å². The molecule has 8 heteroatoms. The summed E-state index contributed by atoms with van der Waals surface area (Å²) in [6, 6.07) is 7.12. The first kappa shape index (κ1) is 19.1. The van der Waals surface area contributed by atoms with E-state index in [0.29, 0.717) is 54.2 Å². The summed E-state index contributed by atoms with van der Waals surface area (Å²) in [5.74, 6) is -0.314. The van der Waals surface area contributed by atoms with E-state index in [0.717, 1.165) is 11.3 Å². The molecule has 1 saturated heterocycles. The van der Waals surface area contributed by atoms with Crippen molar-refractivity contribution in [1.29, 1.82) is 0 Å². The van der Waals surface area contributed by atoms with Crippen LogP contribution in [0.25, 0.3) is 11.0 Å². The fourth-order valence-electron chi connectivity index (χ4n) is 3.46. The molecule has 0 unspecified atom stereocenters. The van der Waals surface area contributed by atoms with Crippen molar-refractivity contribution >= 4 is 28.5 Å². The topological polar surface area (TPSA) is 89.4 Å². The number of fused-ring (bicyclic) bond motifs is 1. The van der Waals surface area contributed by atoms with Crippen LogP contribution in [-0.2, 0) is 11.8 Å². The molecule has 8 nitrogen and oxygen atoms in total. The third-order valence-corrected chi connectivity index (χ3v) is 5.11. The number of ether oxygens (including phenoxy) is 1. The number of rotatable bonds is 3. The lowest BCUT2D eigenvalue weighted by molar-refractivity contribution is 0.0303. The molecule has 2 aromatic heterocycles. The van der Waals surface area contributed by atoms with Crippen molar-refractivity contribution in [2.75, 3.05) is 31.6 Å². The Kier molecular flexibility index (Phi) is 5.02. The average Bonchev–Trinajstić information content (AvgIpc) is 3.09. The summed E-state index contributed by atoms with van der Waals surface area (Å²) in [5, 5.41) is 7.85. The van der Waals surface area contributed by atoms with Crippen LogP contribution in [0.1, 0.15) is 32.0 Å². The fraction of sp³-hybridized carbons (Fsp3) is 0.333. The number of aryl methyl sites for hydroxylation is 3. The van der Waals surface area contributed by atoms with Crippen LogP contribution in [0.3, 0.4) is 0 Å². The lowest BCUT2D eigenvalue weighted by atomic mass is 10.1. The van der Waals surface area contributed by atoms with E-state index in [1.54, 1.807) is 41.0 Å². The monoisotopic (exact) mass is 393 g/mol. The smallest absolute Gasteiger partial charge is 0.256 e. The van der Waals surface area contributed by atoms with E-state index in [1.165, 1.54) is 0 Å². The molecule has 0 spiro atoms. The van der Waals surface area contributed by atoms with E-state index in [2.05, 4.69) is 15.4 Å². The Balaban J connectivity index is 1.63. The van der Waals surface area contributed by atoms with Crippen molar-refractivity contribution in [1.82, 2.24) is 19.7 Å². The number of nitrogens with one attached hydrogen (secondary N) is 1. The molecule has 1 fully saturated rings. The van der Waals surface area contributed by atoms with E-state index in [9.17, 15) is 9.59 Å². The van der Waals surface area contributed by atoms with Crippen molar-refractivity contribution in [3.05, 3.63) is 52.8 Å². The van der Waals surface area contributed by atoms with Crippen LogP contribution in [0.5, 0.6) is 0 Å². The molecule has 0 saturated carbocycles. The Morgan fingerprint density at radius 3 is 2.66 bits per heavy atom. The van der Waals surface area contributed by atoms with Gasteiger partial charge >= 0.3 is 0 Å². The highest BCUT2D eigenvalue weighted by Crippen LogP contribution is 2.22. The lowest BCUT2D eigenvalue weighted by Gasteiger charge is -2.27. The summed E-state index contributed by atoms with van der Waals surface area (Å²) in [6.45, 7) is 5.98. The molecule has 1 aromatic carbocycles. The standard InChI is InChI=1S/C21H23N5O3/c1-13-4-5-15(21(28)26-6-8-29-9-7-26)11-18(13)24-20(27)16-10-14(2)23-19-17(16)12-22-25(19)3/h4-5,10-12H,6-9H2,1-3H3,(H,24,27). The average molecular weight is 393 g/mol. The van der Waals surface area contributed by atoms with Gasteiger partial charge in [0, 0.05) is 37.1 Å². The number of nitrogens with zero attached hydrogens (tertiary/aromatic N) is 4. The van der Waals surface area contributed by atoms with Crippen LogP contribution in [0.4, 0.5) is 5.69 Å². The van der Waals surface area contributed by atoms with Crippen LogP contribution in [0.2, 0.25) is 0 Å². The zero-order valence-electron chi connectivity index (χ0n) is 16.7. The molecule has 3 heterocycles. The molecule has 150 valence electrons. The first-order valence-electron chi connectivity index (χ1n) is 9.52. The molecule has 29 heavy (non-hydrogen) atoms. The molecule has 0 aliphatic carbocycles. The summed E-state index contributed by atoms with van der Waals surface area (Å²) in [6.07, 6.45) is 1.64. The highest BCUT2D eigenvalue weighted by atomic mass is 16.5. The van der Waals surface area contributed by atoms with Gasteiger partial charge in [0.1, 0.15) is 0 Å².